The molecule has 2 aromatic rings. The lowest BCUT2D eigenvalue weighted by Gasteiger charge is -2.51. The van der Waals surface area contributed by atoms with Crippen molar-refractivity contribution in [3.8, 4) is 5.75 Å². The molecule has 0 aromatic heterocycles. The lowest BCUT2D eigenvalue weighted by molar-refractivity contribution is -0.163. The number of carbonyl (C=O) groups excluding carboxylic acids is 3. The van der Waals surface area contributed by atoms with Gasteiger partial charge in [0.15, 0.2) is 0 Å². The summed E-state index contributed by atoms with van der Waals surface area (Å²) >= 11 is 0. The second-order valence-electron chi connectivity index (χ2n) is 13.2. The number of carbonyl (C=O) groups is 3. The number of esters is 1. The zero-order chi connectivity index (χ0) is 29.5. The summed E-state index contributed by atoms with van der Waals surface area (Å²) in [5.41, 5.74) is 3.53. The van der Waals surface area contributed by atoms with Gasteiger partial charge in [0.2, 0.25) is 5.91 Å². The van der Waals surface area contributed by atoms with Crippen molar-refractivity contribution in [2.24, 2.45) is 5.41 Å². The van der Waals surface area contributed by atoms with E-state index in [0.717, 1.165) is 76.1 Å². The van der Waals surface area contributed by atoms with Gasteiger partial charge >= 0.3 is 5.97 Å². The Hall–Kier alpha value is -3.39. The summed E-state index contributed by atoms with van der Waals surface area (Å²) in [4.78, 5) is 44.8. The molecule has 6 rings (SSSR count). The van der Waals surface area contributed by atoms with E-state index >= 15 is 0 Å². The van der Waals surface area contributed by atoms with Crippen molar-refractivity contribution in [2.75, 3.05) is 39.3 Å². The molecular weight excluding hydrogens is 530 g/mol. The summed E-state index contributed by atoms with van der Waals surface area (Å²) in [6, 6.07) is 13.9. The molecule has 2 amide bonds. The van der Waals surface area contributed by atoms with Crippen LogP contribution in [0.15, 0.2) is 42.5 Å². The zero-order valence-corrected chi connectivity index (χ0v) is 25.2. The summed E-state index contributed by atoms with van der Waals surface area (Å²) in [6.07, 6.45) is 4.46. The second kappa shape index (κ2) is 11.4. The number of hydrogen-bond acceptors (Lipinski definition) is 6. The molecule has 0 aliphatic carbocycles. The predicted molar refractivity (Wildman–Crippen MR) is 159 cm³/mol. The van der Waals surface area contributed by atoms with Gasteiger partial charge in [0, 0.05) is 56.1 Å². The minimum absolute atomic E-state index is 0.0689. The lowest BCUT2D eigenvalue weighted by Crippen LogP contribution is -2.57. The Bertz CT molecular complexity index is 1360. The van der Waals surface area contributed by atoms with E-state index in [1.165, 1.54) is 18.1 Å². The fourth-order valence-corrected chi connectivity index (χ4v) is 7.22. The number of para-hydroxylation sites is 1. The molecule has 8 nitrogen and oxygen atoms in total. The Kier molecular flexibility index (Phi) is 7.77. The number of rotatable bonds is 6. The van der Waals surface area contributed by atoms with Gasteiger partial charge in [0.05, 0.1) is 13.0 Å². The van der Waals surface area contributed by atoms with Gasteiger partial charge in [-0.2, -0.15) is 0 Å². The number of hydrogen-bond donors (Lipinski definition) is 0. The van der Waals surface area contributed by atoms with Gasteiger partial charge in [-0.05, 0) is 69.8 Å². The maximum atomic E-state index is 13.8. The van der Waals surface area contributed by atoms with E-state index in [2.05, 4.69) is 36.9 Å². The fraction of sp³-hybridized carbons (Fsp3) is 0.559. The Labute approximate surface area is 248 Å². The summed E-state index contributed by atoms with van der Waals surface area (Å²) in [7, 11) is 0. The molecule has 3 fully saturated rings. The largest absolute Gasteiger partial charge is 0.487 e. The third-order valence-electron chi connectivity index (χ3n) is 9.76. The average Bonchev–Trinajstić information content (AvgIpc) is 3.25. The smallest absolute Gasteiger partial charge is 0.302 e. The highest BCUT2D eigenvalue weighted by molar-refractivity contribution is 5.97. The summed E-state index contributed by atoms with van der Waals surface area (Å²) in [6.45, 7) is 11.0. The van der Waals surface area contributed by atoms with Gasteiger partial charge < -0.3 is 19.3 Å². The van der Waals surface area contributed by atoms with Gasteiger partial charge in [-0.15, -0.1) is 0 Å². The van der Waals surface area contributed by atoms with Crippen LogP contribution in [0.5, 0.6) is 5.75 Å². The molecule has 1 atom stereocenters. The van der Waals surface area contributed by atoms with E-state index < -0.39 is 0 Å². The molecule has 0 radical (unpaired) electrons. The zero-order valence-electron chi connectivity index (χ0n) is 25.2. The molecule has 8 heteroatoms. The number of likely N-dealkylation sites (tertiary alicyclic amines) is 3. The van der Waals surface area contributed by atoms with Crippen LogP contribution in [0.3, 0.4) is 0 Å². The summed E-state index contributed by atoms with van der Waals surface area (Å²) in [5, 5.41) is 0. The van der Waals surface area contributed by atoms with Crippen LogP contribution in [0, 0.1) is 5.41 Å². The van der Waals surface area contributed by atoms with Crippen LogP contribution in [0.25, 0.3) is 0 Å². The van der Waals surface area contributed by atoms with Crippen LogP contribution < -0.4 is 4.74 Å². The molecule has 1 unspecified atom stereocenters. The topological polar surface area (TPSA) is 79.4 Å². The van der Waals surface area contributed by atoms with Crippen LogP contribution in [-0.2, 0) is 33.7 Å². The van der Waals surface area contributed by atoms with E-state index in [4.69, 9.17) is 9.47 Å². The molecule has 0 N–H and O–H groups in total. The normalized spacial score (nSPS) is 22.7. The molecule has 224 valence electrons. The summed E-state index contributed by atoms with van der Waals surface area (Å²) < 4.78 is 12.3. The molecule has 3 saturated heterocycles. The minimum atomic E-state index is -0.352. The van der Waals surface area contributed by atoms with Crippen molar-refractivity contribution in [1.29, 1.82) is 0 Å². The Morgan fingerprint density at radius 1 is 0.905 bits per heavy atom. The van der Waals surface area contributed by atoms with E-state index in [-0.39, 0.29) is 41.3 Å². The van der Waals surface area contributed by atoms with E-state index in [1.54, 1.807) is 0 Å². The SMILES string of the molecule is CC(=O)OC1CN(C(=O)c2ccccc2CC(=O)N2CCC2)CCC12CCN(Cc1cccc3c1OC(C)(C)C3)CC2. The number of amides is 2. The van der Waals surface area contributed by atoms with Gasteiger partial charge in [-0.25, -0.2) is 0 Å². The van der Waals surface area contributed by atoms with Crippen molar-refractivity contribution in [3.63, 3.8) is 0 Å². The standard InChI is InChI=1S/C34H43N3O5/c1-24(38)41-29-23-37(32(40)28-11-5-4-8-25(28)20-30(39)36-15-7-16-36)19-14-34(29)12-17-35(18-13-34)22-27-10-6-9-26-21-33(2,3)42-31(26)27/h4-6,8-11,29H,7,12-23H2,1-3H3. The molecule has 1 spiro atoms. The van der Waals surface area contributed by atoms with Crippen molar-refractivity contribution >= 4 is 17.8 Å². The first kappa shape index (κ1) is 28.7. The van der Waals surface area contributed by atoms with Crippen LogP contribution in [0.4, 0.5) is 0 Å². The number of piperidine rings is 2. The van der Waals surface area contributed by atoms with Crippen molar-refractivity contribution in [1.82, 2.24) is 14.7 Å². The number of fused-ring (bicyclic) bond motifs is 1. The first-order chi connectivity index (χ1) is 20.1. The first-order valence-electron chi connectivity index (χ1n) is 15.5. The molecular formula is C34H43N3O5. The molecule has 4 heterocycles. The Balaban J connectivity index is 1.12. The third-order valence-corrected chi connectivity index (χ3v) is 9.76. The van der Waals surface area contributed by atoms with Crippen LogP contribution in [-0.4, -0.2) is 83.5 Å². The average molecular weight is 574 g/mol. The first-order valence-corrected chi connectivity index (χ1v) is 15.5. The lowest BCUT2D eigenvalue weighted by atomic mass is 9.69. The number of nitrogens with zero attached hydrogens (tertiary/aromatic N) is 3. The third kappa shape index (κ3) is 5.78. The van der Waals surface area contributed by atoms with Gasteiger partial charge in [0.1, 0.15) is 17.5 Å². The van der Waals surface area contributed by atoms with Gasteiger partial charge in [0.25, 0.3) is 5.91 Å². The van der Waals surface area contributed by atoms with Crippen molar-refractivity contribution < 1.29 is 23.9 Å². The van der Waals surface area contributed by atoms with Crippen molar-refractivity contribution in [2.45, 2.75) is 77.5 Å². The molecule has 0 bridgehead atoms. The predicted octanol–water partition coefficient (Wildman–Crippen LogP) is 4.23. The molecule has 42 heavy (non-hydrogen) atoms. The fourth-order valence-electron chi connectivity index (χ4n) is 7.22. The van der Waals surface area contributed by atoms with Crippen molar-refractivity contribution in [3.05, 3.63) is 64.7 Å². The highest BCUT2D eigenvalue weighted by atomic mass is 16.5. The Morgan fingerprint density at radius 2 is 1.62 bits per heavy atom. The summed E-state index contributed by atoms with van der Waals surface area (Å²) in [5.74, 6) is 0.710. The molecule has 2 aromatic carbocycles. The van der Waals surface area contributed by atoms with Gasteiger partial charge in [-0.1, -0.05) is 36.4 Å². The van der Waals surface area contributed by atoms with Gasteiger partial charge in [-0.3, -0.25) is 19.3 Å². The monoisotopic (exact) mass is 573 g/mol. The molecule has 4 aliphatic heterocycles. The quantitative estimate of drug-likeness (QED) is 0.482. The maximum absolute atomic E-state index is 13.8. The number of benzene rings is 2. The minimum Gasteiger partial charge on any atom is -0.487 e. The maximum Gasteiger partial charge on any atom is 0.302 e. The van der Waals surface area contributed by atoms with E-state index in [9.17, 15) is 14.4 Å². The van der Waals surface area contributed by atoms with E-state index in [1.807, 2.05) is 34.1 Å². The highest BCUT2D eigenvalue weighted by Crippen LogP contribution is 2.44. The highest BCUT2D eigenvalue weighted by Gasteiger charge is 2.48. The van der Waals surface area contributed by atoms with Crippen LogP contribution in [0.1, 0.15) is 73.5 Å². The molecule has 4 aliphatic rings. The van der Waals surface area contributed by atoms with Crippen LogP contribution in [0.2, 0.25) is 0 Å². The number of ether oxygens (including phenoxy) is 2. The molecule has 0 saturated carbocycles. The van der Waals surface area contributed by atoms with Crippen LogP contribution >= 0.6 is 0 Å². The second-order valence-corrected chi connectivity index (χ2v) is 13.2. The van der Waals surface area contributed by atoms with E-state index in [0.29, 0.717) is 18.7 Å². The Morgan fingerprint density at radius 3 is 2.33 bits per heavy atom.